The molecule has 2 aliphatic rings. The third-order valence-corrected chi connectivity index (χ3v) is 10.3. The number of nitrogens with one attached hydrogen (secondary N) is 3. The summed E-state index contributed by atoms with van der Waals surface area (Å²) in [5.74, 6) is -2.29. The second-order valence-electron chi connectivity index (χ2n) is 14.0. The highest BCUT2D eigenvalue weighted by atomic mass is 127. The van der Waals surface area contributed by atoms with Crippen LogP contribution in [0.15, 0.2) is 82.8 Å². The summed E-state index contributed by atoms with van der Waals surface area (Å²) >= 11 is 2.19. The molecule has 0 aromatic heterocycles. The number of aliphatic hydroxyl groups is 1. The minimum Gasteiger partial charge on any atom is -0.439 e. The Morgan fingerprint density at radius 2 is 1.67 bits per heavy atom. The van der Waals surface area contributed by atoms with E-state index in [1.54, 1.807) is 44.2 Å². The third kappa shape index (κ3) is 13.8. The molecule has 14 heteroatoms. The van der Waals surface area contributed by atoms with Crippen LogP contribution in [0.5, 0.6) is 0 Å². The Bertz CT molecular complexity index is 1700. The number of amides is 3. The van der Waals surface area contributed by atoms with Gasteiger partial charge in [0.1, 0.15) is 6.10 Å². The topological polar surface area (TPSA) is 195 Å². The van der Waals surface area contributed by atoms with Gasteiger partial charge in [0.05, 0.1) is 23.6 Å². The number of methoxy groups -OCH3 is 2. The van der Waals surface area contributed by atoms with Gasteiger partial charge in [-0.3, -0.25) is 19.2 Å². The van der Waals surface area contributed by atoms with Gasteiger partial charge in [-0.05, 0) is 97.9 Å². The molecule has 0 saturated carbocycles. The third-order valence-electron chi connectivity index (χ3n) is 9.59. The summed E-state index contributed by atoms with van der Waals surface area (Å²) in [6, 6.07) is 7.37. The predicted molar refractivity (Wildman–Crippen MR) is 218 cm³/mol. The number of ketones is 2. The number of hydrogen-bond acceptors (Lipinski definition) is 10. The number of rotatable bonds is 12. The molecule has 1 aliphatic carbocycles. The molecule has 0 radical (unpaired) electrons. The Morgan fingerprint density at radius 3 is 2.31 bits per heavy atom. The Labute approximate surface area is 337 Å². The van der Waals surface area contributed by atoms with E-state index in [1.807, 2.05) is 26.0 Å². The maximum Gasteiger partial charge on any atom is 0.405 e. The first-order chi connectivity index (χ1) is 26.2. The largest absolute Gasteiger partial charge is 0.439 e. The summed E-state index contributed by atoms with van der Waals surface area (Å²) < 4.78 is 17.8. The molecular formula is C41H55IN4O9. The Hall–Kier alpha value is -4.12. The maximum absolute atomic E-state index is 14.0. The van der Waals surface area contributed by atoms with Crippen molar-refractivity contribution in [3.63, 3.8) is 0 Å². The number of primary amides is 1. The lowest BCUT2D eigenvalue weighted by atomic mass is 9.85. The van der Waals surface area contributed by atoms with Gasteiger partial charge in [-0.2, -0.15) is 0 Å². The van der Waals surface area contributed by atoms with Crippen LogP contribution in [-0.2, 0) is 28.6 Å². The van der Waals surface area contributed by atoms with Gasteiger partial charge < -0.3 is 41.0 Å². The van der Waals surface area contributed by atoms with Gasteiger partial charge in [-0.1, -0.05) is 51.0 Å². The number of carbonyl (C=O) groups excluding carboxylic acids is 5. The van der Waals surface area contributed by atoms with Crippen molar-refractivity contribution in [2.45, 2.75) is 90.6 Å². The number of halogens is 1. The standard InChI is InChI=1S/C41H55IN4O9/c1-24-20-30-35(44-18-9-7-8-10-19-45-40(51)28-14-16-29(42)17-15-28)32(47)23-31(37(30)49)46-39(50)25(2)12-11-13-33(53-5)38(55-41(43)52)27(4)22-26(3)36(48)34(21-24)54-6/h11-17,22-24,26,33-34,36,38,44,48H,7-10,18-21H2,1-6H3,(H2,43,52)(H,45,51)(H,46,50)/b13-11-,25-12+,27-22+/t24-,26+,33+,34+,36-,38+/m1/s1. The van der Waals surface area contributed by atoms with Crippen LogP contribution in [-0.4, -0.2) is 86.3 Å². The van der Waals surface area contributed by atoms with Gasteiger partial charge in [0.25, 0.3) is 11.8 Å². The van der Waals surface area contributed by atoms with Gasteiger partial charge in [0.15, 0.2) is 6.10 Å². The van der Waals surface area contributed by atoms with Crippen molar-refractivity contribution in [3.05, 3.63) is 91.9 Å². The quantitative estimate of drug-likeness (QED) is 0.0831. The Kier molecular flexibility index (Phi) is 18.5. The first-order valence-corrected chi connectivity index (χ1v) is 19.6. The number of hydrogen-bond donors (Lipinski definition) is 5. The van der Waals surface area contributed by atoms with Gasteiger partial charge >= 0.3 is 6.09 Å². The van der Waals surface area contributed by atoms with E-state index in [4.69, 9.17) is 19.9 Å². The lowest BCUT2D eigenvalue weighted by Gasteiger charge is -2.30. The van der Waals surface area contributed by atoms with E-state index in [2.05, 4.69) is 38.5 Å². The number of fused-ring (bicyclic) bond motifs is 2. The summed E-state index contributed by atoms with van der Waals surface area (Å²) in [5.41, 5.74) is 7.13. The van der Waals surface area contributed by atoms with Crippen LogP contribution in [0.4, 0.5) is 4.79 Å². The summed E-state index contributed by atoms with van der Waals surface area (Å²) in [5, 5.41) is 20.2. The lowest BCUT2D eigenvalue weighted by Crippen LogP contribution is -2.38. The van der Waals surface area contributed by atoms with E-state index in [0.29, 0.717) is 30.6 Å². The molecule has 300 valence electrons. The van der Waals surface area contributed by atoms with Crippen molar-refractivity contribution in [1.82, 2.24) is 16.0 Å². The number of allylic oxidation sites excluding steroid dienone is 4. The highest BCUT2D eigenvalue weighted by Gasteiger charge is 2.33. The van der Waals surface area contributed by atoms with Gasteiger partial charge in [-0.25, -0.2) is 4.79 Å². The molecule has 1 aromatic carbocycles. The molecule has 0 saturated heterocycles. The van der Waals surface area contributed by atoms with Crippen LogP contribution in [0, 0.1) is 15.4 Å². The lowest BCUT2D eigenvalue weighted by molar-refractivity contribution is -0.120. The van der Waals surface area contributed by atoms with Crippen molar-refractivity contribution in [2.24, 2.45) is 17.6 Å². The van der Waals surface area contributed by atoms with Crippen molar-refractivity contribution in [2.75, 3.05) is 27.3 Å². The number of unbranched alkanes of at least 4 members (excludes halogenated alkanes) is 3. The van der Waals surface area contributed by atoms with E-state index < -0.39 is 53.9 Å². The van der Waals surface area contributed by atoms with Gasteiger partial charge in [0, 0.05) is 59.6 Å². The van der Waals surface area contributed by atoms with Crippen molar-refractivity contribution in [3.8, 4) is 0 Å². The van der Waals surface area contributed by atoms with Crippen molar-refractivity contribution >= 4 is 52.1 Å². The fourth-order valence-corrected chi connectivity index (χ4v) is 6.86. The summed E-state index contributed by atoms with van der Waals surface area (Å²) in [7, 11) is 2.93. The van der Waals surface area contributed by atoms with E-state index in [9.17, 15) is 29.1 Å². The molecule has 1 aliphatic heterocycles. The number of carbonyl (C=O) groups is 5. The molecule has 3 amide bonds. The minimum atomic E-state index is -1.01. The highest BCUT2D eigenvalue weighted by molar-refractivity contribution is 14.1. The number of Topliss-reactive ketones (excluding diaryl/α,β-unsaturated/α-hetero) is 1. The molecule has 1 heterocycles. The molecule has 13 nitrogen and oxygen atoms in total. The Balaban J connectivity index is 1.79. The average Bonchev–Trinajstić information content (AvgIpc) is 3.14. The zero-order valence-electron chi connectivity index (χ0n) is 32.5. The molecule has 0 unspecified atom stereocenters. The minimum absolute atomic E-state index is 0.109. The van der Waals surface area contributed by atoms with E-state index >= 15 is 0 Å². The molecule has 0 fully saturated rings. The first kappa shape index (κ1) is 45.3. The van der Waals surface area contributed by atoms with Crippen LogP contribution in [0.25, 0.3) is 0 Å². The Morgan fingerprint density at radius 1 is 1.00 bits per heavy atom. The summed E-state index contributed by atoms with van der Waals surface area (Å²) in [6.07, 6.45) is 6.93. The molecule has 55 heavy (non-hydrogen) atoms. The van der Waals surface area contributed by atoms with E-state index in [0.717, 1.165) is 35.3 Å². The molecule has 1 aromatic rings. The highest BCUT2D eigenvalue weighted by Crippen LogP contribution is 2.29. The molecule has 0 spiro atoms. The van der Waals surface area contributed by atoms with Gasteiger partial charge in [-0.15, -0.1) is 0 Å². The second-order valence-corrected chi connectivity index (χ2v) is 15.3. The number of benzene rings is 1. The zero-order valence-corrected chi connectivity index (χ0v) is 34.6. The summed E-state index contributed by atoms with van der Waals surface area (Å²) in [4.78, 5) is 64.9. The number of aliphatic hydroxyl groups excluding tert-OH is 1. The van der Waals surface area contributed by atoms with Crippen LogP contribution in [0.2, 0.25) is 0 Å². The van der Waals surface area contributed by atoms with E-state index in [-0.39, 0.29) is 40.8 Å². The summed E-state index contributed by atoms with van der Waals surface area (Å²) in [6.45, 7) is 7.99. The molecule has 6 N–H and O–H groups in total. The SMILES string of the molecule is CO[C@H]1/C=C\C=C(/C)C(=O)NC2=CC(=O)C(NCCCCCCNC(=O)c3ccc(I)cc3)=C(C[C@@H](C)C[C@H](OC)[C@H](O)[C@@H](C)/C=C(\C)[C@@H]1OC(N)=O)C2=O. The van der Waals surface area contributed by atoms with Crippen LogP contribution in [0.1, 0.15) is 76.6 Å². The molecule has 6 atom stereocenters. The first-order valence-electron chi connectivity index (χ1n) is 18.5. The fourth-order valence-electron chi connectivity index (χ4n) is 6.50. The maximum atomic E-state index is 14.0. The van der Waals surface area contributed by atoms with Crippen LogP contribution < -0.4 is 21.7 Å². The monoisotopic (exact) mass is 874 g/mol. The van der Waals surface area contributed by atoms with Crippen molar-refractivity contribution < 1.29 is 43.3 Å². The predicted octanol–water partition coefficient (Wildman–Crippen LogP) is 4.95. The van der Waals surface area contributed by atoms with Crippen molar-refractivity contribution in [1.29, 1.82) is 0 Å². The number of nitrogens with two attached hydrogens (primary N) is 1. The number of ether oxygens (including phenoxy) is 3. The zero-order chi connectivity index (χ0) is 40.7. The smallest absolute Gasteiger partial charge is 0.405 e. The normalized spacial score (nSPS) is 26.8. The second kappa shape index (κ2) is 22.4. The average molecular weight is 875 g/mol. The van der Waals surface area contributed by atoms with Gasteiger partial charge in [0.2, 0.25) is 11.6 Å². The van der Waals surface area contributed by atoms with Crippen LogP contribution >= 0.6 is 22.6 Å². The van der Waals surface area contributed by atoms with Crippen LogP contribution in [0.3, 0.4) is 0 Å². The molecular weight excluding hydrogens is 819 g/mol. The molecule has 2 bridgehead atoms. The van der Waals surface area contributed by atoms with E-state index in [1.165, 1.54) is 20.3 Å². The fraction of sp³-hybridized carbons (Fsp3) is 0.488. The molecule has 3 rings (SSSR count).